The molecule has 0 radical (unpaired) electrons. The minimum absolute atomic E-state index is 0. The summed E-state index contributed by atoms with van der Waals surface area (Å²) in [5.41, 5.74) is 0.597. The second kappa shape index (κ2) is 5.72. The van der Waals surface area contributed by atoms with Crippen LogP contribution in [0.15, 0.2) is 30.3 Å². The minimum Gasteiger partial charge on any atom is -0.547 e. The summed E-state index contributed by atoms with van der Waals surface area (Å²) in [5, 5.41) is 10.5. The van der Waals surface area contributed by atoms with Crippen molar-refractivity contribution in [1.82, 2.24) is 0 Å². The zero-order chi connectivity index (χ0) is 8.97. The third-order valence-electron chi connectivity index (χ3n) is 1.55. The highest BCUT2D eigenvalue weighted by Gasteiger charge is 2.09. The van der Waals surface area contributed by atoms with Gasteiger partial charge in [-0.15, -0.1) is 17.0 Å². The molecule has 0 heterocycles. The minimum atomic E-state index is -1.22. The fourth-order valence-electron chi connectivity index (χ4n) is 0.996. The summed E-state index contributed by atoms with van der Waals surface area (Å²) in [7, 11) is 1.34. The van der Waals surface area contributed by atoms with Crippen molar-refractivity contribution in [2.75, 3.05) is 7.11 Å². The maximum absolute atomic E-state index is 10.5. The van der Waals surface area contributed by atoms with Gasteiger partial charge >= 0.3 is 0 Å². The largest absolute Gasteiger partial charge is 0.547 e. The fourth-order valence-corrected chi connectivity index (χ4v) is 0.996. The van der Waals surface area contributed by atoms with Crippen molar-refractivity contribution in [2.24, 2.45) is 0 Å². The van der Waals surface area contributed by atoms with Gasteiger partial charge in [0.15, 0.2) is 0 Å². The Bertz CT molecular complexity index is 261. The average Bonchev–Trinajstić information content (AvgIpc) is 2.07. The summed E-state index contributed by atoms with van der Waals surface area (Å²) in [6.07, 6.45) is -0.966. The van der Waals surface area contributed by atoms with Crippen LogP contribution in [0.1, 0.15) is 11.7 Å². The molecule has 0 spiro atoms. The number of carboxylic acids is 1. The molecule has 4 heteroatoms. The number of methoxy groups -OCH3 is 1. The quantitative estimate of drug-likeness (QED) is 0.788. The fraction of sp³-hybridized carbons (Fsp3) is 0.222. The van der Waals surface area contributed by atoms with Gasteiger partial charge in [-0.25, -0.2) is 0 Å². The lowest BCUT2D eigenvalue weighted by Gasteiger charge is -2.15. The number of carbonyl (C=O) groups excluding carboxylic acids is 1. The van der Waals surface area contributed by atoms with Gasteiger partial charge < -0.3 is 14.6 Å². The lowest BCUT2D eigenvalue weighted by atomic mass is 10.1. The molecule has 1 atom stereocenters. The predicted octanol–water partition coefficient (Wildman–Crippen LogP) is 0.702. The molecule has 0 aliphatic carbocycles. The predicted molar refractivity (Wildman–Crippen MR) is 51.5 cm³/mol. The van der Waals surface area contributed by atoms with E-state index in [-0.39, 0.29) is 17.0 Å². The van der Waals surface area contributed by atoms with Crippen molar-refractivity contribution < 1.29 is 14.6 Å². The first kappa shape index (κ1) is 12.1. The van der Waals surface area contributed by atoms with E-state index in [9.17, 15) is 9.90 Å². The number of halogens is 1. The second-order valence-corrected chi connectivity index (χ2v) is 2.35. The topological polar surface area (TPSA) is 49.4 Å². The Morgan fingerprint density at radius 3 is 2.31 bits per heavy atom. The van der Waals surface area contributed by atoms with Gasteiger partial charge in [0.2, 0.25) is 0 Å². The number of aliphatic carboxylic acids is 1. The normalized spacial score (nSPS) is 11.5. The molecule has 0 saturated carbocycles. The molecular formula is C9H10BrO3-. The van der Waals surface area contributed by atoms with Crippen LogP contribution in [-0.4, -0.2) is 13.1 Å². The molecule has 1 aromatic carbocycles. The molecule has 1 rings (SSSR count). The van der Waals surface area contributed by atoms with Crippen molar-refractivity contribution in [3.63, 3.8) is 0 Å². The van der Waals surface area contributed by atoms with Gasteiger partial charge in [-0.1, -0.05) is 30.3 Å². The molecule has 0 aliphatic rings. The Balaban J connectivity index is 0.00000144. The standard InChI is InChI=1S/C9H10O3.BrH/c1-12-8(9(10)11)7-5-3-2-4-6-7;/h2-6,8H,1H3,(H,10,11);1H/p-1. The van der Waals surface area contributed by atoms with Gasteiger partial charge in [0, 0.05) is 7.11 Å². The molecule has 1 aromatic rings. The zero-order valence-corrected chi connectivity index (χ0v) is 8.81. The molecule has 0 amide bonds. The lowest BCUT2D eigenvalue weighted by Crippen LogP contribution is -2.30. The van der Waals surface area contributed by atoms with Crippen molar-refractivity contribution in [1.29, 1.82) is 0 Å². The van der Waals surface area contributed by atoms with E-state index >= 15 is 0 Å². The highest BCUT2D eigenvalue weighted by Crippen LogP contribution is 2.14. The van der Waals surface area contributed by atoms with Crippen LogP contribution in [0.3, 0.4) is 0 Å². The van der Waals surface area contributed by atoms with E-state index in [0.29, 0.717) is 5.56 Å². The van der Waals surface area contributed by atoms with Crippen LogP contribution < -0.4 is 5.11 Å². The van der Waals surface area contributed by atoms with E-state index in [1.54, 1.807) is 24.3 Å². The molecule has 0 aromatic heterocycles. The van der Waals surface area contributed by atoms with Gasteiger partial charge in [0.05, 0.1) is 5.97 Å². The van der Waals surface area contributed by atoms with Crippen LogP contribution in [0.4, 0.5) is 0 Å². The third kappa shape index (κ3) is 3.16. The Morgan fingerprint density at radius 1 is 1.38 bits per heavy atom. The Labute approximate surface area is 87.1 Å². The Kier molecular flexibility index (Phi) is 5.34. The highest BCUT2D eigenvalue weighted by atomic mass is 79.9. The summed E-state index contributed by atoms with van der Waals surface area (Å²) in [4.78, 5) is 10.5. The van der Waals surface area contributed by atoms with E-state index in [4.69, 9.17) is 4.74 Å². The average molecular weight is 246 g/mol. The van der Waals surface area contributed by atoms with E-state index in [0.717, 1.165) is 0 Å². The van der Waals surface area contributed by atoms with Crippen LogP contribution >= 0.6 is 17.0 Å². The van der Waals surface area contributed by atoms with Crippen LogP contribution in [-0.2, 0) is 9.53 Å². The van der Waals surface area contributed by atoms with E-state index in [1.165, 1.54) is 7.11 Å². The van der Waals surface area contributed by atoms with Gasteiger partial charge in [-0.05, 0) is 5.56 Å². The summed E-state index contributed by atoms with van der Waals surface area (Å²) >= 11 is 0. The number of carbonyl (C=O) groups is 1. The number of hydrogen-bond acceptors (Lipinski definition) is 3. The number of rotatable bonds is 3. The first-order valence-corrected chi connectivity index (χ1v) is 3.54. The molecule has 1 unspecified atom stereocenters. The molecule has 0 fully saturated rings. The molecule has 0 saturated heterocycles. The van der Waals surface area contributed by atoms with Gasteiger partial charge in [0.1, 0.15) is 6.10 Å². The SMILES string of the molecule is Br.COC(C(=O)[O-])c1ccccc1. The summed E-state index contributed by atoms with van der Waals surface area (Å²) in [6.45, 7) is 0. The molecule has 72 valence electrons. The maximum Gasteiger partial charge on any atom is 0.121 e. The number of hydrogen-bond donors (Lipinski definition) is 0. The van der Waals surface area contributed by atoms with Gasteiger partial charge in [0.25, 0.3) is 0 Å². The highest BCUT2D eigenvalue weighted by molar-refractivity contribution is 8.93. The molecule has 3 nitrogen and oxygen atoms in total. The number of carboxylic acid groups (broad SMARTS) is 1. The molecule has 0 bridgehead atoms. The number of benzene rings is 1. The van der Waals surface area contributed by atoms with Crippen LogP contribution in [0.5, 0.6) is 0 Å². The van der Waals surface area contributed by atoms with Gasteiger partial charge in [-0.2, -0.15) is 0 Å². The monoisotopic (exact) mass is 245 g/mol. The van der Waals surface area contributed by atoms with Crippen LogP contribution in [0, 0.1) is 0 Å². The van der Waals surface area contributed by atoms with Gasteiger partial charge in [-0.3, -0.25) is 0 Å². The Hall–Kier alpha value is -0.870. The summed E-state index contributed by atoms with van der Waals surface area (Å²) in [5.74, 6) is -1.22. The first-order chi connectivity index (χ1) is 5.75. The summed E-state index contributed by atoms with van der Waals surface area (Å²) < 4.78 is 4.74. The van der Waals surface area contributed by atoms with E-state index in [1.807, 2.05) is 6.07 Å². The van der Waals surface area contributed by atoms with E-state index in [2.05, 4.69) is 0 Å². The first-order valence-electron chi connectivity index (χ1n) is 3.54. The number of ether oxygens (including phenoxy) is 1. The van der Waals surface area contributed by atoms with Crippen LogP contribution in [0.25, 0.3) is 0 Å². The second-order valence-electron chi connectivity index (χ2n) is 2.35. The lowest BCUT2D eigenvalue weighted by molar-refractivity contribution is -0.316. The zero-order valence-electron chi connectivity index (χ0n) is 7.10. The van der Waals surface area contributed by atoms with E-state index < -0.39 is 12.1 Å². The Morgan fingerprint density at radius 2 is 1.92 bits per heavy atom. The van der Waals surface area contributed by atoms with Crippen molar-refractivity contribution in [3.8, 4) is 0 Å². The van der Waals surface area contributed by atoms with Crippen molar-refractivity contribution in [2.45, 2.75) is 6.10 Å². The molecular weight excluding hydrogens is 236 g/mol. The smallest absolute Gasteiger partial charge is 0.121 e. The van der Waals surface area contributed by atoms with Crippen molar-refractivity contribution in [3.05, 3.63) is 35.9 Å². The maximum atomic E-state index is 10.5. The molecule has 13 heavy (non-hydrogen) atoms. The van der Waals surface area contributed by atoms with Crippen LogP contribution in [0.2, 0.25) is 0 Å². The molecule has 0 aliphatic heterocycles. The van der Waals surface area contributed by atoms with Crippen molar-refractivity contribution >= 4 is 23.0 Å². The molecule has 0 N–H and O–H groups in total. The third-order valence-corrected chi connectivity index (χ3v) is 1.55. The summed E-state index contributed by atoms with van der Waals surface area (Å²) in [6, 6.07) is 8.69.